The van der Waals surface area contributed by atoms with Crippen molar-refractivity contribution in [3.05, 3.63) is 46.9 Å². The fourth-order valence-electron chi connectivity index (χ4n) is 2.60. The number of carbonyl (C=O) groups is 2. The molecular formula is C19H22ClN3O4. The highest BCUT2D eigenvalue weighted by atomic mass is 35.5. The average Bonchev–Trinajstić information content (AvgIpc) is 2.70. The van der Waals surface area contributed by atoms with E-state index in [0.29, 0.717) is 38.0 Å². The number of hydrogen-bond donors (Lipinski definition) is 0. The van der Waals surface area contributed by atoms with Crippen molar-refractivity contribution in [2.24, 2.45) is 0 Å². The zero-order chi connectivity index (χ0) is 19.6. The molecule has 0 aliphatic rings. The molecular weight excluding hydrogens is 370 g/mol. The number of unbranched alkanes of at least 4 members (excludes halogenated alkanes) is 1. The zero-order valence-electron chi connectivity index (χ0n) is 15.4. The van der Waals surface area contributed by atoms with E-state index >= 15 is 0 Å². The summed E-state index contributed by atoms with van der Waals surface area (Å²) in [4.78, 5) is 32.8. The minimum atomic E-state index is -0.240. The van der Waals surface area contributed by atoms with Crippen molar-refractivity contribution < 1.29 is 19.1 Å². The molecule has 2 rings (SSSR count). The first-order chi connectivity index (χ1) is 13.1. The molecule has 0 unspecified atom stereocenters. The predicted molar refractivity (Wildman–Crippen MR) is 102 cm³/mol. The standard InChI is InChI=1S/C19H22ClN3O4/c1-26-15-8-6-14(7-9-15)11-23(10-4-3-5-17(25)27-2)19-16(12-24)18(20)21-13-22-19/h6-9,12-13H,3-5,10-11H2,1-2H3. The maximum Gasteiger partial charge on any atom is 0.305 e. The van der Waals surface area contributed by atoms with Gasteiger partial charge < -0.3 is 14.4 Å². The van der Waals surface area contributed by atoms with Gasteiger partial charge in [0, 0.05) is 19.5 Å². The van der Waals surface area contributed by atoms with Gasteiger partial charge >= 0.3 is 5.97 Å². The number of rotatable bonds is 10. The number of aldehydes is 1. The van der Waals surface area contributed by atoms with E-state index in [4.69, 9.17) is 16.3 Å². The van der Waals surface area contributed by atoms with Crippen molar-refractivity contribution in [1.82, 2.24) is 9.97 Å². The lowest BCUT2D eigenvalue weighted by Crippen LogP contribution is -2.26. The molecule has 1 heterocycles. The molecule has 0 aliphatic heterocycles. The Kier molecular flexibility index (Phi) is 8.00. The normalized spacial score (nSPS) is 10.3. The van der Waals surface area contributed by atoms with Crippen molar-refractivity contribution in [3.8, 4) is 5.75 Å². The molecule has 0 bridgehead atoms. The number of benzene rings is 1. The Hall–Kier alpha value is -2.67. The van der Waals surface area contributed by atoms with Crippen molar-refractivity contribution in [1.29, 1.82) is 0 Å². The molecule has 1 aromatic carbocycles. The van der Waals surface area contributed by atoms with Gasteiger partial charge in [-0.3, -0.25) is 9.59 Å². The van der Waals surface area contributed by atoms with Gasteiger partial charge in [0.1, 0.15) is 23.0 Å². The lowest BCUT2D eigenvalue weighted by Gasteiger charge is -2.25. The van der Waals surface area contributed by atoms with Crippen LogP contribution in [0.3, 0.4) is 0 Å². The van der Waals surface area contributed by atoms with Crippen LogP contribution in [-0.4, -0.2) is 43.0 Å². The Bertz CT molecular complexity index is 768. The fourth-order valence-corrected chi connectivity index (χ4v) is 2.78. The van der Waals surface area contributed by atoms with E-state index in [1.54, 1.807) is 7.11 Å². The van der Waals surface area contributed by atoms with Gasteiger partial charge in [-0.05, 0) is 30.5 Å². The molecule has 0 spiro atoms. The molecule has 8 heteroatoms. The number of halogens is 1. The van der Waals surface area contributed by atoms with Gasteiger partial charge in [0.2, 0.25) is 0 Å². The molecule has 0 N–H and O–H groups in total. The summed E-state index contributed by atoms with van der Waals surface area (Å²) in [6, 6.07) is 7.64. The van der Waals surface area contributed by atoms with Crippen LogP contribution < -0.4 is 9.64 Å². The Morgan fingerprint density at radius 2 is 1.93 bits per heavy atom. The van der Waals surface area contributed by atoms with E-state index in [2.05, 4.69) is 14.7 Å². The van der Waals surface area contributed by atoms with E-state index in [9.17, 15) is 9.59 Å². The molecule has 0 saturated heterocycles. The molecule has 0 fully saturated rings. The van der Waals surface area contributed by atoms with Gasteiger partial charge in [-0.2, -0.15) is 0 Å². The minimum absolute atomic E-state index is 0.115. The van der Waals surface area contributed by atoms with Crippen LogP contribution in [0, 0.1) is 0 Å². The molecule has 0 radical (unpaired) electrons. The highest BCUT2D eigenvalue weighted by molar-refractivity contribution is 6.32. The summed E-state index contributed by atoms with van der Waals surface area (Å²) in [7, 11) is 2.99. The molecule has 0 aliphatic carbocycles. The summed E-state index contributed by atoms with van der Waals surface area (Å²) in [5, 5.41) is 0.115. The summed E-state index contributed by atoms with van der Waals surface area (Å²) in [5.74, 6) is 0.997. The number of esters is 1. The molecule has 7 nitrogen and oxygen atoms in total. The largest absolute Gasteiger partial charge is 0.497 e. The van der Waals surface area contributed by atoms with E-state index in [0.717, 1.165) is 17.7 Å². The number of carbonyl (C=O) groups excluding carboxylic acids is 2. The Balaban J connectivity index is 2.18. The summed E-state index contributed by atoms with van der Waals surface area (Å²) < 4.78 is 9.84. The second-order valence-electron chi connectivity index (χ2n) is 5.82. The average molecular weight is 392 g/mol. The van der Waals surface area contributed by atoms with Gasteiger partial charge in [0.05, 0.1) is 19.8 Å². The van der Waals surface area contributed by atoms with Crippen LogP contribution >= 0.6 is 11.6 Å². The Labute approximate surface area is 163 Å². The zero-order valence-corrected chi connectivity index (χ0v) is 16.1. The molecule has 0 atom stereocenters. The maximum absolute atomic E-state index is 11.5. The quantitative estimate of drug-likeness (QED) is 0.266. The lowest BCUT2D eigenvalue weighted by molar-refractivity contribution is -0.140. The number of aromatic nitrogens is 2. The highest BCUT2D eigenvalue weighted by Gasteiger charge is 2.17. The smallest absolute Gasteiger partial charge is 0.305 e. The SMILES string of the molecule is COC(=O)CCCCN(Cc1ccc(OC)cc1)c1ncnc(Cl)c1C=O. The van der Waals surface area contributed by atoms with Crippen LogP contribution in [0.25, 0.3) is 0 Å². The van der Waals surface area contributed by atoms with Gasteiger partial charge in [0.15, 0.2) is 6.29 Å². The Morgan fingerprint density at radius 1 is 1.19 bits per heavy atom. The first-order valence-electron chi connectivity index (χ1n) is 8.49. The van der Waals surface area contributed by atoms with Crippen LogP contribution in [0.5, 0.6) is 5.75 Å². The summed E-state index contributed by atoms with van der Waals surface area (Å²) in [6.07, 6.45) is 3.73. The number of methoxy groups -OCH3 is 2. The summed E-state index contributed by atoms with van der Waals surface area (Å²) >= 11 is 6.05. The van der Waals surface area contributed by atoms with Crippen molar-refractivity contribution in [3.63, 3.8) is 0 Å². The first kappa shape index (κ1) is 20.6. The molecule has 27 heavy (non-hydrogen) atoms. The van der Waals surface area contributed by atoms with Crippen LogP contribution in [-0.2, 0) is 16.1 Å². The van der Waals surface area contributed by atoms with Crippen LogP contribution in [0.1, 0.15) is 35.2 Å². The second-order valence-corrected chi connectivity index (χ2v) is 6.18. The van der Waals surface area contributed by atoms with Gasteiger partial charge in [0.25, 0.3) is 0 Å². The van der Waals surface area contributed by atoms with Crippen molar-refractivity contribution in [2.75, 3.05) is 25.7 Å². The van der Waals surface area contributed by atoms with E-state index in [1.165, 1.54) is 13.4 Å². The van der Waals surface area contributed by atoms with Crippen molar-refractivity contribution in [2.45, 2.75) is 25.8 Å². The Morgan fingerprint density at radius 3 is 2.56 bits per heavy atom. The monoisotopic (exact) mass is 391 g/mol. The van der Waals surface area contributed by atoms with Crippen LogP contribution in [0.4, 0.5) is 5.82 Å². The van der Waals surface area contributed by atoms with Gasteiger partial charge in [-0.1, -0.05) is 23.7 Å². The number of anilines is 1. The number of hydrogen-bond acceptors (Lipinski definition) is 7. The molecule has 144 valence electrons. The molecule has 1 aromatic heterocycles. The van der Waals surface area contributed by atoms with E-state index in [-0.39, 0.29) is 16.7 Å². The van der Waals surface area contributed by atoms with E-state index in [1.807, 2.05) is 29.2 Å². The van der Waals surface area contributed by atoms with Crippen molar-refractivity contribution >= 4 is 29.7 Å². The molecule has 2 aromatic rings. The molecule has 0 saturated carbocycles. The van der Waals surface area contributed by atoms with E-state index < -0.39 is 0 Å². The summed E-state index contributed by atoms with van der Waals surface area (Å²) in [5.41, 5.74) is 1.27. The van der Waals surface area contributed by atoms with Gasteiger partial charge in [-0.15, -0.1) is 0 Å². The predicted octanol–water partition coefficient (Wildman–Crippen LogP) is 3.30. The topological polar surface area (TPSA) is 81.6 Å². The summed E-state index contributed by atoms with van der Waals surface area (Å²) in [6.45, 7) is 1.12. The molecule has 0 amide bonds. The minimum Gasteiger partial charge on any atom is -0.497 e. The number of nitrogens with zero attached hydrogens (tertiary/aromatic N) is 3. The third-order valence-electron chi connectivity index (χ3n) is 4.05. The third-order valence-corrected chi connectivity index (χ3v) is 4.35. The lowest BCUT2D eigenvalue weighted by atomic mass is 10.1. The van der Waals surface area contributed by atoms with Crippen LogP contribution in [0.2, 0.25) is 5.15 Å². The van der Waals surface area contributed by atoms with Crippen LogP contribution in [0.15, 0.2) is 30.6 Å². The first-order valence-corrected chi connectivity index (χ1v) is 8.87. The second kappa shape index (κ2) is 10.5. The maximum atomic E-state index is 11.5. The third kappa shape index (κ3) is 5.92. The van der Waals surface area contributed by atoms with Gasteiger partial charge in [-0.25, -0.2) is 9.97 Å². The fraction of sp³-hybridized carbons (Fsp3) is 0.368. The highest BCUT2D eigenvalue weighted by Crippen LogP contribution is 2.24. The number of ether oxygens (including phenoxy) is 2.